The van der Waals surface area contributed by atoms with Crippen molar-refractivity contribution in [2.24, 2.45) is 17.1 Å². The largest absolute Gasteiger partial charge is 0.342 e. The van der Waals surface area contributed by atoms with E-state index in [1.165, 1.54) is 0 Å². The number of nitrogens with two attached hydrogens (primary N) is 1. The second-order valence-corrected chi connectivity index (χ2v) is 8.97. The maximum absolute atomic E-state index is 12.5. The molecule has 1 fully saturated rings. The van der Waals surface area contributed by atoms with Crippen molar-refractivity contribution < 1.29 is 13.2 Å². The summed E-state index contributed by atoms with van der Waals surface area (Å²) in [5, 5.41) is 0. The topological polar surface area (TPSA) is 92.5 Å². The second kappa shape index (κ2) is 7.07. The first-order chi connectivity index (χ1) is 9.52. The predicted octanol–water partition coefficient (Wildman–Crippen LogP) is 0.538. The molecule has 0 bridgehead atoms. The van der Waals surface area contributed by atoms with Gasteiger partial charge in [-0.25, -0.2) is 13.1 Å². The highest BCUT2D eigenvalue weighted by Crippen LogP contribution is 2.26. The van der Waals surface area contributed by atoms with Crippen molar-refractivity contribution in [1.29, 1.82) is 0 Å². The number of likely N-dealkylation sites (tertiary alicyclic amines) is 1. The summed E-state index contributed by atoms with van der Waals surface area (Å²) >= 11 is 0. The minimum absolute atomic E-state index is 0.0653. The summed E-state index contributed by atoms with van der Waals surface area (Å²) in [4.78, 5) is 14.3. The van der Waals surface area contributed by atoms with Crippen molar-refractivity contribution in [2.75, 3.05) is 25.9 Å². The number of nitrogens with zero attached hydrogens (tertiary/aromatic N) is 1. The highest BCUT2D eigenvalue weighted by atomic mass is 32.2. The Morgan fingerprint density at radius 3 is 2.24 bits per heavy atom. The molecule has 1 amide bonds. The number of amides is 1. The van der Waals surface area contributed by atoms with Crippen molar-refractivity contribution in [2.45, 2.75) is 46.1 Å². The molecule has 6 nitrogen and oxygen atoms in total. The Kier molecular flexibility index (Phi) is 6.19. The van der Waals surface area contributed by atoms with Crippen LogP contribution in [0.1, 0.15) is 40.0 Å². The Hall–Kier alpha value is -0.660. The highest BCUT2D eigenvalue weighted by Gasteiger charge is 2.30. The van der Waals surface area contributed by atoms with Gasteiger partial charge in [0.25, 0.3) is 0 Å². The van der Waals surface area contributed by atoms with E-state index in [9.17, 15) is 13.2 Å². The first-order valence-corrected chi connectivity index (χ1v) is 9.37. The van der Waals surface area contributed by atoms with Crippen LogP contribution in [0.15, 0.2) is 0 Å². The fourth-order valence-electron chi connectivity index (χ4n) is 2.79. The van der Waals surface area contributed by atoms with Crippen LogP contribution in [0.4, 0.5) is 0 Å². The van der Waals surface area contributed by atoms with E-state index < -0.39 is 10.0 Å². The first-order valence-electron chi connectivity index (χ1n) is 7.48. The van der Waals surface area contributed by atoms with Crippen molar-refractivity contribution in [3.05, 3.63) is 0 Å². The van der Waals surface area contributed by atoms with Crippen molar-refractivity contribution in [1.82, 2.24) is 9.62 Å². The zero-order valence-electron chi connectivity index (χ0n) is 13.6. The molecular weight excluding hydrogens is 290 g/mol. The predicted molar refractivity (Wildman–Crippen MR) is 84.2 cm³/mol. The fourth-order valence-corrected chi connectivity index (χ4v) is 3.63. The summed E-state index contributed by atoms with van der Waals surface area (Å²) in [7, 11) is -3.18. The summed E-state index contributed by atoms with van der Waals surface area (Å²) in [5.74, 6) is -0.0466. The molecule has 1 unspecified atom stereocenters. The number of nitrogens with one attached hydrogen (secondary N) is 1. The van der Waals surface area contributed by atoms with E-state index >= 15 is 0 Å². The maximum Gasteiger partial charge on any atom is 0.226 e. The van der Waals surface area contributed by atoms with Crippen LogP contribution in [0.5, 0.6) is 0 Å². The van der Waals surface area contributed by atoms with E-state index in [2.05, 4.69) is 25.5 Å². The minimum atomic E-state index is -3.18. The molecular formula is C14H29N3O3S. The molecule has 0 aliphatic carbocycles. The lowest BCUT2D eigenvalue weighted by atomic mass is 9.84. The first kappa shape index (κ1) is 18.4. The van der Waals surface area contributed by atoms with Crippen molar-refractivity contribution >= 4 is 15.9 Å². The van der Waals surface area contributed by atoms with E-state index in [1.807, 2.05) is 4.90 Å². The van der Waals surface area contributed by atoms with Gasteiger partial charge in [-0.05, 0) is 24.7 Å². The smallest absolute Gasteiger partial charge is 0.226 e. The maximum atomic E-state index is 12.5. The lowest BCUT2D eigenvalue weighted by molar-refractivity contribution is -0.137. The van der Waals surface area contributed by atoms with Gasteiger partial charge < -0.3 is 10.6 Å². The van der Waals surface area contributed by atoms with Crippen LogP contribution >= 0.6 is 0 Å². The van der Waals surface area contributed by atoms with Gasteiger partial charge in [0.1, 0.15) is 0 Å². The van der Waals surface area contributed by atoms with Gasteiger partial charge in [-0.3, -0.25) is 4.79 Å². The number of piperidine rings is 1. The van der Waals surface area contributed by atoms with E-state index in [0.29, 0.717) is 32.5 Å². The third-order valence-corrected chi connectivity index (χ3v) is 4.44. The molecule has 124 valence electrons. The van der Waals surface area contributed by atoms with Crippen LogP contribution in [-0.2, 0) is 14.8 Å². The number of hydrogen-bond donors (Lipinski definition) is 2. The molecule has 0 aromatic carbocycles. The summed E-state index contributed by atoms with van der Waals surface area (Å²) in [6, 6.07) is -0.0667. The van der Waals surface area contributed by atoms with Gasteiger partial charge in [0, 0.05) is 25.7 Å². The van der Waals surface area contributed by atoms with Crippen molar-refractivity contribution in [3.63, 3.8) is 0 Å². The number of sulfonamides is 1. The van der Waals surface area contributed by atoms with E-state index in [1.54, 1.807) is 0 Å². The summed E-state index contributed by atoms with van der Waals surface area (Å²) in [5.41, 5.74) is 5.82. The van der Waals surface area contributed by atoms with E-state index in [-0.39, 0.29) is 23.3 Å². The number of carbonyl (C=O) groups is 1. The van der Waals surface area contributed by atoms with Gasteiger partial charge in [0.2, 0.25) is 15.9 Å². The standard InChI is InChI=1S/C14H29N3O3S/c1-14(2,3)9-11(10-15)13(18)17-7-5-12(6-8-17)16-21(4,19)20/h11-12,16H,5-10,15H2,1-4H3. The third-order valence-electron chi connectivity index (χ3n) is 3.68. The van der Waals surface area contributed by atoms with Crippen LogP contribution in [0.25, 0.3) is 0 Å². The number of hydrogen-bond acceptors (Lipinski definition) is 4. The number of carbonyl (C=O) groups excluding carboxylic acids is 1. The molecule has 1 atom stereocenters. The minimum Gasteiger partial charge on any atom is -0.342 e. The monoisotopic (exact) mass is 319 g/mol. The fraction of sp³-hybridized carbons (Fsp3) is 0.929. The van der Waals surface area contributed by atoms with Crippen LogP contribution in [0, 0.1) is 11.3 Å². The van der Waals surface area contributed by atoms with Crippen LogP contribution in [0.3, 0.4) is 0 Å². The van der Waals surface area contributed by atoms with Crippen molar-refractivity contribution in [3.8, 4) is 0 Å². The van der Waals surface area contributed by atoms with Gasteiger partial charge in [-0.1, -0.05) is 20.8 Å². The molecule has 1 rings (SSSR count). The normalized spacial score (nSPS) is 19.6. The molecule has 1 aliphatic heterocycles. The van der Waals surface area contributed by atoms with Crippen LogP contribution in [-0.4, -0.2) is 51.2 Å². The molecule has 1 aliphatic rings. The van der Waals surface area contributed by atoms with Crippen LogP contribution in [0.2, 0.25) is 0 Å². The Bertz CT molecular complexity index is 449. The lowest BCUT2D eigenvalue weighted by Gasteiger charge is -2.35. The summed E-state index contributed by atoms with van der Waals surface area (Å²) < 4.78 is 25.0. The zero-order chi connectivity index (χ0) is 16.3. The van der Waals surface area contributed by atoms with Gasteiger partial charge >= 0.3 is 0 Å². The molecule has 0 spiro atoms. The number of rotatable bonds is 5. The summed E-state index contributed by atoms with van der Waals surface area (Å²) in [6.45, 7) is 7.85. The molecule has 0 aromatic heterocycles. The van der Waals surface area contributed by atoms with E-state index in [4.69, 9.17) is 5.73 Å². The summed E-state index contributed by atoms with van der Waals surface area (Å²) in [6.07, 6.45) is 3.25. The molecule has 21 heavy (non-hydrogen) atoms. The van der Waals surface area contributed by atoms with E-state index in [0.717, 1.165) is 12.7 Å². The quantitative estimate of drug-likeness (QED) is 0.773. The Labute approximate surface area is 128 Å². The zero-order valence-corrected chi connectivity index (χ0v) is 14.4. The van der Waals surface area contributed by atoms with Gasteiger partial charge in [0.05, 0.1) is 12.2 Å². The van der Waals surface area contributed by atoms with Gasteiger partial charge in [-0.15, -0.1) is 0 Å². The van der Waals surface area contributed by atoms with Crippen LogP contribution < -0.4 is 10.5 Å². The SMILES string of the molecule is CC(C)(C)CC(CN)C(=O)N1CCC(NS(C)(=O)=O)CC1. The Balaban J connectivity index is 2.54. The Morgan fingerprint density at radius 1 is 1.33 bits per heavy atom. The van der Waals surface area contributed by atoms with Gasteiger partial charge in [0.15, 0.2) is 0 Å². The second-order valence-electron chi connectivity index (χ2n) is 7.19. The third kappa shape index (κ3) is 6.76. The molecule has 0 saturated carbocycles. The molecule has 1 saturated heterocycles. The molecule has 3 N–H and O–H groups in total. The average Bonchev–Trinajstić information content (AvgIpc) is 2.33. The Morgan fingerprint density at radius 2 is 1.86 bits per heavy atom. The molecule has 0 radical (unpaired) electrons. The molecule has 0 aromatic rings. The molecule has 7 heteroatoms. The lowest BCUT2D eigenvalue weighted by Crippen LogP contribution is -2.49. The van der Waals surface area contributed by atoms with Gasteiger partial charge in [-0.2, -0.15) is 0 Å². The average molecular weight is 319 g/mol. The molecule has 1 heterocycles. The highest BCUT2D eigenvalue weighted by molar-refractivity contribution is 7.88.